The van der Waals surface area contributed by atoms with E-state index in [4.69, 9.17) is 16.3 Å². The highest BCUT2D eigenvalue weighted by Gasteiger charge is 2.17. The van der Waals surface area contributed by atoms with E-state index in [2.05, 4.69) is 50.3 Å². The van der Waals surface area contributed by atoms with Gasteiger partial charge in [0, 0.05) is 29.0 Å². The molecule has 0 fully saturated rings. The molecule has 5 nitrogen and oxygen atoms in total. The van der Waals surface area contributed by atoms with E-state index in [1.165, 1.54) is 5.56 Å². The van der Waals surface area contributed by atoms with Gasteiger partial charge in [0.25, 0.3) is 0 Å². The Bertz CT molecular complexity index is 1360. The van der Waals surface area contributed by atoms with Crippen molar-refractivity contribution in [2.75, 3.05) is 19.0 Å². The second-order valence-electron chi connectivity index (χ2n) is 7.70. The normalized spacial score (nSPS) is 11.0. The fourth-order valence-corrected chi connectivity index (χ4v) is 4.07. The fraction of sp³-hybridized carbons (Fsp3) is 0.111. The molecule has 2 heterocycles. The van der Waals surface area contributed by atoms with Gasteiger partial charge < -0.3 is 14.6 Å². The number of benzene rings is 3. The van der Waals surface area contributed by atoms with E-state index in [1.54, 1.807) is 13.4 Å². The largest absolute Gasteiger partial charge is 0.497 e. The highest BCUT2D eigenvalue weighted by atomic mass is 35.5. The number of rotatable bonds is 7. The zero-order valence-corrected chi connectivity index (χ0v) is 19.0. The number of nitrogens with one attached hydrogen (secondary N) is 1. The van der Waals surface area contributed by atoms with Crippen LogP contribution in [0.2, 0.25) is 5.02 Å². The molecule has 6 heteroatoms. The van der Waals surface area contributed by atoms with Crippen LogP contribution in [0.15, 0.2) is 91.4 Å². The Labute approximate surface area is 197 Å². The van der Waals surface area contributed by atoms with Crippen LogP contribution in [0.3, 0.4) is 0 Å². The molecule has 0 atom stereocenters. The summed E-state index contributed by atoms with van der Waals surface area (Å²) in [5, 5.41) is 5.23. The fourth-order valence-electron chi connectivity index (χ4n) is 3.95. The van der Waals surface area contributed by atoms with Gasteiger partial charge in [0.05, 0.1) is 12.5 Å². The van der Waals surface area contributed by atoms with Crippen molar-refractivity contribution >= 4 is 28.5 Å². The third kappa shape index (κ3) is 4.41. The summed E-state index contributed by atoms with van der Waals surface area (Å²) in [6, 6.07) is 26.2. The molecule has 0 aliphatic rings. The minimum atomic E-state index is 0.703. The van der Waals surface area contributed by atoms with Crippen LogP contribution in [0.4, 0.5) is 5.82 Å². The van der Waals surface area contributed by atoms with E-state index in [1.807, 2.05) is 54.6 Å². The van der Waals surface area contributed by atoms with Gasteiger partial charge in [-0.25, -0.2) is 9.97 Å². The van der Waals surface area contributed by atoms with E-state index in [-0.39, 0.29) is 0 Å². The monoisotopic (exact) mass is 454 g/mol. The predicted octanol–water partition coefficient (Wildman–Crippen LogP) is 6.40. The second-order valence-corrected chi connectivity index (χ2v) is 8.14. The number of methoxy groups -OCH3 is 1. The molecule has 0 aliphatic heterocycles. The molecule has 0 saturated heterocycles. The van der Waals surface area contributed by atoms with Crippen molar-refractivity contribution in [3.05, 3.63) is 102 Å². The van der Waals surface area contributed by atoms with E-state index in [0.29, 0.717) is 5.02 Å². The van der Waals surface area contributed by atoms with Crippen molar-refractivity contribution in [2.24, 2.45) is 0 Å². The summed E-state index contributed by atoms with van der Waals surface area (Å²) < 4.78 is 7.34. The molecule has 1 N–H and O–H groups in total. The van der Waals surface area contributed by atoms with Crippen LogP contribution in [0, 0.1) is 0 Å². The SMILES string of the molecule is COc1ccc(CCNc2ncnc3c2c(-c2ccccc2)cn3-c2ccc(Cl)cc2)cc1. The third-order valence-electron chi connectivity index (χ3n) is 5.64. The number of fused-ring (bicyclic) bond motifs is 1. The smallest absolute Gasteiger partial charge is 0.150 e. The van der Waals surface area contributed by atoms with Gasteiger partial charge in [-0.05, 0) is 53.9 Å². The van der Waals surface area contributed by atoms with E-state index in [0.717, 1.165) is 52.4 Å². The van der Waals surface area contributed by atoms with Crippen molar-refractivity contribution in [3.63, 3.8) is 0 Å². The van der Waals surface area contributed by atoms with Crippen molar-refractivity contribution in [2.45, 2.75) is 6.42 Å². The van der Waals surface area contributed by atoms with Crippen LogP contribution in [0.25, 0.3) is 27.8 Å². The molecule has 3 aromatic carbocycles. The van der Waals surface area contributed by atoms with Gasteiger partial charge in [0.2, 0.25) is 0 Å². The lowest BCUT2D eigenvalue weighted by atomic mass is 10.1. The molecule has 0 unspecified atom stereocenters. The summed E-state index contributed by atoms with van der Waals surface area (Å²) >= 11 is 6.12. The first-order valence-electron chi connectivity index (χ1n) is 10.8. The van der Waals surface area contributed by atoms with Crippen molar-refractivity contribution in [1.29, 1.82) is 0 Å². The molecular formula is C27H23ClN4O. The highest BCUT2D eigenvalue weighted by molar-refractivity contribution is 6.30. The lowest BCUT2D eigenvalue weighted by Crippen LogP contribution is -2.07. The first-order chi connectivity index (χ1) is 16.2. The average molecular weight is 455 g/mol. The zero-order chi connectivity index (χ0) is 22.6. The maximum absolute atomic E-state index is 6.12. The lowest BCUT2D eigenvalue weighted by molar-refractivity contribution is 0.414. The number of anilines is 1. The lowest BCUT2D eigenvalue weighted by Gasteiger charge is -2.09. The molecule has 164 valence electrons. The maximum atomic E-state index is 6.12. The number of nitrogens with zero attached hydrogens (tertiary/aromatic N) is 3. The van der Waals surface area contributed by atoms with Gasteiger partial charge in [0.15, 0.2) is 5.65 Å². The zero-order valence-electron chi connectivity index (χ0n) is 18.2. The van der Waals surface area contributed by atoms with Crippen LogP contribution >= 0.6 is 11.6 Å². The van der Waals surface area contributed by atoms with Crippen LogP contribution in [0.1, 0.15) is 5.56 Å². The number of halogens is 1. The molecule has 0 saturated carbocycles. The summed E-state index contributed by atoms with van der Waals surface area (Å²) in [5.41, 5.74) is 5.26. The Morgan fingerprint density at radius 2 is 1.67 bits per heavy atom. The van der Waals surface area contributed by atoms with Crippen molar-refractivity contribution in [1.82, 2.24) is 14.5 Å². The van der Waals surface area contributed by atoms with Crippen LogP contribution in [-0.2, 0) is 6.42 Å². The van der Waals surface area contributed by atoms with Gasteiger partial charge >= 0.3 is 0 Å². The van der Waals surface area contributed by atoms with E-state index in [9.17, 15) is 0 Å². The number of hydrogen-bond acceptors (Lipinski definition) is 4. The summed E-state index contributed by atoms with van der Waals surface area (Å²) in [5.74, 6) is 1.68. The molecule has 0 aliphatic carbocycles. The number of hydrogen-bond donors (Lipinski definition) is 1. The standard InChI is InChI=1S/C27H23ClN4O/c1-33-23-13-7-19(8-14-23)15-16-29-26-25-24(20-5-3-2-4-6-20)17-32(27(25)31-18-30-26)22-11-9-21(28)10-12-22/h2-14,17-18H,15-16H2,1H3,(H,29,30,31). The molecule has 0 bridgehead atoms. The Kier molecular flexibility index (Phi) is 5.96. The van der Waals surface area contributed by atoms with E-state index >= 15 is 0 Å². The van der Waals surface area contributed by atoms with Crippen molar-refractivity contribution < 1.29 is 4.74 Å². The number of aromatic nitrogens is 3. The highest BCUT2D eigenvalue weighted by Crippen LogP contribution is 2.35. The molecule has 0 radical (unpaired) electrons. The average Bonchev–Trinajstić information content (AvgIpc) is 3.26. The van der Waals surface area contributed by atoms with Gasteiger partial charge in [-0.2, -0.15) is 0 Å². The quantitative estimate of drug-likeness (QED) is 0.309. The molecule has 0 spiro atoms. The minimum absolute atomic E-state index is 0.703. The molecule has 5 aromatic rings. The van der Waals surface area contributed by atoms with Gasteiger partial charge in [-0.15, -0.1) is 0 Å². The molecule has 0 amide bonds. The molecule has 33 heavy (non-hydrogen) atoms. The maximum Gasteiger partial charge on any atom is 0.150 e. The Morgan fingerprint density at radius 1 is 0.909 bits per heavy atom. The summed E-state index contributed by atoms with van der Waals surface area (Å²) in [6.07, 6.45) is 4.60. The van der Waals surface area contributed by atoms with Crippen LogP contribution in [0.5, 0.6) is 5.75 Å². The summed E-state index contributed by atoms with van der Waals surface area (Å²) in [4.78, 5) is 9.23. The minimum Gasteiger partial charge on any atom is -0.497 e. The van der Waals surface area contributed by atoms with Gasteiger partial charge in [0.1, 0.15) is 17.9 Å². The first-order valence-corrected chi connectivity index (χ1v) is 11.1. The molecular weight excluding hydrogens is 432 g/mol. The topological polar surface area (TPSA) is 52.0 Å². The first kappa shape index (κ1) is 21.0. The summed E-state index contributed by atoms with van der Waals surface area (Å²) in [7, 11) is 1.68. The van der Waals surface area contributed by atoms with Gasteiger partial charge in [-0.1, -0.05) is 54.1 Å². The molecule has 2 aromatic heterocycles. The predicted molar refractivity (Wildman–Crippen MR) is 134 cm³/mol. The van der Waals surface area contributed by atoms with E-state index < -0.39 is 0 Å². The summed E-state index contributed by atoms with van der Waals surface area (Å²) in [6.45, 7) is 0.749. The molecule has 5 rings (SSSR count). The Hall–Kier alpha value is -3.83. The van der Waals surface area contributed by atoms with Crippen LogP contribution in [-0.4, -0.2) is 28.2 Å². The third-order valence-corrected chi connectivity index (χ3v) is 5.89. The van der Waals surface area contributed by atoms with Gasteiger partial charge in [-0.3, -0.25) is 0 Å². The Morgan fingerprint density at radius 3 is 2.39 bits per heavy atom. The van der Waals surface area contributed by atoms with Crippen LogP contribution < -0.4 is 10.1 Å². The van der Waals surface area contributed by atoms with Crippen molar-refractivity contribution in [3.8, 4) is 22.6 Å². The number of ether oxygens (including phenoxy) is 1. The second kappa shape index (κ2) is 9.35. The Balaban J connectivity index is 1.52.